The molecule has 158 valence electrons. The van der Waals surface area contributed by atoms with Crippen LogP contribution in [-0.4, -0.2) is 36.8 Å². The van der Waals surface area contributed by atoms with Crippen LogP contribution in [0.4, 0.5) is 10.1 Å². The third kappa shape index (κ3) is 5.94. The highest BCUT2D eigenvalue weighted by Gasteiger charge is 2.25. The summed E-state index contributed by atoms with van der Waals surface area (Å²) < 4.78 is 39.7. The predicted molar refractivity (Wildman–Crippen MR) is 119 cm³/mol. The number of carbonyl (C=O) groups excluding carboxylic acids is 1. The molecule has 9 heteroatoms. The zero-order valence-electron chi connectivity index (χ0n) is 16.2. The largest absolute Gasteiger partial charge is 0.332 e. The van der Waals surface area contributed by atoms with E-state index < -0.39 is 15.9 Å². The summed E-state index contributed by atoms with van der Waals surface area (Å²) in [7, 11) is -3.49. The van der Waals surface area contributed by atoms with Gasteiger partial charge in [0.25, 0.3) is 0 Å². The van der Waals surface area contributed by atoms with E-state index in [0.29, 0.717) is 24.3 Å². The number of halogens is 1. The lowest BCUT2D eigenvalue weighted by atomic mass is 10.2. The van der Waals surface area contributed by atoms with Crippen molar-refractivity contribution >= 4 is 45.0 Å². The molecule has 2 aromatic rings. The molecule has 1 saturated heterocycles. The molecule has 30 heavy (non-hydrogen) atoms. The number of nitrogens with zero attached hydrogens (tertiary/aromatic N) is 1. The van der Waals surface area contributed by atoms with Gasteiger partial charge in [0.2, 0.25) is 15.9 Å². The van der Waals surface area contributed by atoms with Crippen molar-refractivity contribution in [1.29, 1.82) is 0 Å². The maximum atomic E-state index is 12.9. The van der Waals surface area contributed by atoms with Crippen molar-refractivity contribution in [3.8, 4) is 0 Å². The molecule has 0 radical (unpaired) electrons. The number of anilines is 1. The third-order valence-electron chi connectivity index (χ3n) is 4.60. The summed E-state index contributed by atoms with van der Waals surface area (Å²) in [6.07, 6.45) is 5.63. The lowest BCUT2D eigenvalue weighted by molar-refractivity contribution is -0.115. The van der Waals surface area contributed by atoms with Crippen molar-refractivity contribution in [2.45, 2.75) is 24.2 Å². The Morgan fingerprint density at radius 1 is 1.00 bits per heavy atom. The molecular weight excluding hydrogens is 425 g/mol. The molecular formula is C21H22FN3O3S2. The molecule has 2 N–H and O–H groups in total. The van der Waals surface area contributed by atoms with E-state index in [0.717, 1.165) is 19.3 Å². The first-order chi connectivity index (χ1) is 14.3. The second-order valence-electron chi connectivity index (χ2n) is 6.82. The molecule has 0 saturated carbocycles. The van der Waals surface area contributed by atoms with Gasteiger partial charge in [0.15, 0.2) is 5.11 Å². The van der Waals surface area contributed by atoms with Crippen molar-refractivity contribution < 1.29 is 17.6 Å². The minimum absolute atomic E-state index is 0.0791. The molecule has 0 unspecified atom stereocenters. The Kier molecular flexibility index (Phi) is 7.30. The molecule has 0 spiro atoms. The van der Waals surface area contributed by atoms with Gasteiger partial charge in [-0.05, 0) is 73.1 Å². The van der Waals surface area contributed by atoms with Gasteiger partial charge in [-0.25, -0.2) is 12.8 Å². The van der Waals surface area contributed by atoms with Gasteiger partial charge in [0.05, 0.1) is 4.90 Å². The number of benzene rings is 2. The normalized spacial score (nSPS) is 15.1. The number of rotatable bonds is 5. The number of carbonyl (C=O) groups is 1. The first-order valence-corrected chi connectivity index (χ1v) is 11.4. The molecule has 1 aliphatic heterocycles. The second kappa shape index (κ2) is 9.92. The summed E-state index contributed by atoms with van der Waals surface area (Å²) in [5, 5.41) is 5.42. The number of sulfonamides is 1. The molecule has 1 amide bonds. The minimum atomic E-state index is -3.49. The number of piperidine rings is 1. The SMILES string of the molecule is O=C(C=Cc1ccc(F)cc1)NC(=S)Nc1ccc(S(=O)(=O)N2CCCCC2)cc1. The van der Waals surface area contributed by atoms with Gasteiger partial charge >= 0.3 is 0 Å². The quantitative estimate of drug-likeness (QED) is 0.542. The van der Waals surface area contributed by atoms with Gasteiger partial charge in [0.1, 0.15) is 5.82 Å². The van der Waals surface area contributed by atoms with E-state index in [-0.39, 0.29) is 15.8 Å². The molecule has 6 nitrogen and oxygen atoms in total. The Bertz CT molecular complexity index is 1030. The molecule has 2 aromatic carbocycles. The topological polar surface area (TPSA) is 78.5 Å². The number of hydrogen-bond donors (Lipinski definition) is 2. The number of hydrogen-bond acceptors (Lipinski definition) is 4. The Labute approximate surface area is 180 Å². The zero-order chi connectivity index (χ0) is 21.6. The second-order valence-corrected chi connectivity index (χ2v) is 9.16. The van der Waals surface area contributed by atoms with Crippen LogP contribution in [-0.2, 0) is 14.8 Å². The van der Waals surface area contributed by atoms with Crippen LogP contribution in [0.3, 0.4) is 0 Å². The highest BCUT2D eigenvalue weighted by molar-refractivity contribution is 7.89. The summed E-state index contributed by atoms with van der Waals surface area (Å²) in [5.41, 5.74) is 1.23. The molecule has 1 aliphatic rings. The highest BCUT2D eigenvalue weighted by atomic mass is 32.2. The Morgan fingerprint density at radius 3 is 2.27 bits per heavy atom. The van der Waals surface area contributed by atoms with Crippen LogP contribution in [0.25, 0.3) is 6.08 Å². The van der Waals surface area contributed by atoms with E-state index in [1.165, 1.54) is 40.7 Å². The number of thiocarbonyl (C=S) groups is 1. The molecule has 3 rings (SSSR count). The fourth-order valence-electron chi connectivity index (χ4n) is 3.03. The van der Waals surface area contributed by atoms with Gasteiger partial charge in [0, 0.05) is 24.9 Å². The van der Waals surface area contributed by atoms with Gasteiger partial charge in [-0.15, -0.1) is 0 Å². The Hall–Kier alpha value is -2.62. The summed E-state index contributed by atoms with van der Waals surface area (Å²) in [5.74, 6) is -0.794. The summed E-state index contributed by atoms with van der Waals surface area (Å²) >= 11 is 5.12. The lowest BCUT2D eigenvalue weighted by Crippen LogP contribution is -2.35. The zero-order valence-corrected chi connectivity index (χ0v) is 17.8. The first-order valence-electron chi connectivity index (χ1n) is 9.50. The van der Waals surface area contributed by atoms with Crippen LogP contribution >= 0.6 is 12.2 Å². The van der Waals surface area contributed by atoms with Crippen LogP contribution in [0.15, 0.2) is 59.5 Å². The molecule has 0 bridgehead atoms. The number of amides is 1. The van der Waals surface area contributed by atoms with E-state index >= 15 is 0 Å². The third-order valence-corrected chi connectivity index (χ3v) is 6.72. The fraction of sp³-hybridized carbons (Fsp3) is 0.238. The fourth-order valence-corrected chi connectivity index (χ4v) is 4.76. The predicted octanol–water partition coefficient (Wildman–Crippen LogP) is 3.53. The number of nitrogens with one attached hydrogen (secondary N) is 2. The van der Waals surface area contributed by atoms with Gasteiger partial charge < -0.3 is 5.32 Å². The van der Waals surface area contributed by atoms with Gasteiger partial charge in [-0.3, -0.25) is 10.1 Å². The van der Waals surface area contributed by atoms with E-state index in [2.05, 4.69) is 10.6 Å². The molecule has 0 aromatic heterocycles. The standard InChI is InChI=1S/C21H22FN3O3S2/c22-17-7-4-16(5-8-17)6-13-20(26)24-21(29)23-18-9-11-19(12-10-18)30(27,28)25-14-2-1-3-15-25/h4-13H,1-3,14-15H2,(H2,23,24,26,29). The van der Waals surface area contributed by atoms with E-state index in [4.69, 9.17) is 12.2 Å². The van der Waals surface area contributed by atoms with Gasteiger partial charge in [-0.2, -0.15) is 4.31 Å². The Balaban J connectivity index is 1.55. The van der Waals surface area contributed by atoms with E-state index in [1.807, 2.05) is 0 Å². The maximum Gasteiger partial charge on any atom is 0.250 e. The van der Waals surface area contributed by atoms with Crippen molar-refractivity contribution in [3.63, 3.8) is 0 Å². The lowest BCUT2D eigenvalue weighted by Gasteiger charge is -2.25. The van der Waals surface area contributed by atoms with Crippen LogP contribution in [0.5, 0.6) is 0 Å². The molecule has 0 aliphatic carbocycles. The average molecular weight is 448 g/mol. The molecule has 0 atom stereocenters. The van der Waals surface area contributed by atoms with Crippen LogP contribution in [0.2, 0.25) is 0 Å². The first kappa shape index (κ1) is 22.1. The van der Waals surface area contributed by atoms with Crippen LogP contribution in [0, 0.1) is 5.82 Å². The van der Waals surface area contributed by atoms with Crippen molar-refractivity contribution in [2.24, 2.45) is 0 Å². The Morgan fingerprint density at radius 2 is 1.63 bits per heavy atom. The molecule has 1 fully saturated rings. The highest BCUT2D eigenvalue weighted by Crippen LogP contribution is 2.22. The summed E-state index contributed by atoms with van der Waals surface area (Å²) in [6, 6.07) is 12.0. The smallest absolute Gasteiger partial charge is 0.250 e. The van der Waals surface area contributed by atoms with Crippen molar-refractivity contribution in [2.75, 3.05) is 18.4 Å². The minimum Gasteiger partial charge on any atom is -0.332 e. The van der Waals surface area contributed by atoms with E-state index in [9.17, 15) is 17.6 Å². The molecule has 1 heterocycles. The van der Waals surface area contributed by atoms with Crippen LogP contribution < -0.4 is 10.6 Å². The van der Waals surface area contributed by atoms with Gasteiger partial charge in [-0.1, -0.05) is 18.6 Å². The van der Waals surface area contributed by atoms with Crippen LogP contribution in [0.1, 0.15) is 24.8 Å². The van der Waals surface area contributed by atoms with Crippen molar-refractivity contribution in [1.82, 2.24) is 9.62 Å². The maximum absolute atomic E-state index is 12.9. The van der Waals surface area contributed by atoms with E-state index in [1.54, 1.807) is 24.3 Å². The summed E-state index contributed by atoms with van der Waals surface area (Å²) in [4.78, 5) is 12.2. The monoisotopic (exact) mass is 447 g/mol. The van der Waals surface area contributed by atoms with Crippen molar-refractivity contribution in [3.05, 3.63) is 66.0 Å². The average Bonchev–Trinajstić information content (AvgIpc) is 2.74. The summed E-state index contributed by atoms with van der Waals surface area (Å²) in [6.45, 7) is 1.09.